The molecule has 1 atom stereocenters. The van der Waals surface area contributed by atoms with E-state index >= 15 is 0 Å². The van der Waals surface area contributed by atoms with Gasteiger partial charge in [0, 0.05) is 12.2 Å². The van der Waals surface area contributed by atoms with E-state index in [1.165, 1.54) is 12.0 Å². The van der Waals surface area contributed by atoms with Gasteiger partial charge < -0.3 is 15.3 Å². The van der Waals surface area contributed by atoms with Crippen LogP contribution in [-0.4, -0.2) is 34.3 Å². The van der Waals surface area contributed by atoms with Gasteiger partial charge in [-0.05, 0) is 50.0 Å². The van der Waals surface area contributed by atoms with Crippen LogP contribution in [0.25, 0.3) is 0 Å². The summed E-state index contributed by atoms with van der Waals surface area (Å²) in [5, 5.41) is 13.4. The zero-order chi connectivity index (χ0) is 13.0. The summed E-state index contributed by atoms with van der Waals surface area (Å²) in [6.45, 7) is 3.17. The van der Waals surface area contributed by atoms with Crippen LogP contribution in [0.3, 0.4) is 0 Å². The molecule has 1 aliphatic heterocycles. The van der Waals surface area contributed by atoms with Crippen LogP contribution in [-0.2, 0) is 0 Å². The number of hydrogen-bond donors (Lipinski definition) is 2. The molecule has 1 aromatic carbocycles. The molecule has 3 nitrogen and oxygen atoms in total. The molecule has 0 aromatic heterocycles. The van der Waals surface area contributed by atoms with Crippen LogP contribution < -0.4 is 5.32 Å². The lowest BCUT2D eigenvalue weighted by Gasteiger charge is -2.36. The van der Waals surface area contributed by atoms with Crippen molar-refractivity contribution in [3.05, 3.63) is 29.8 Å². The van der Waals surface area contributed by atoms with E-state index in [9.17, 15) is 5.11 Å². The first-order chi connectivity index (χ1) is 8.72. The maximum absolute atomic E-state index is 9.40. The highest BCUT2D eigenvalue weighted by Gasteiger charge is 2.23. The zero-order valence-corrected chi connectivity index (χ0v) is 11.5. The molecule has 2 N–H and O–H groups in total. The predicted octanol–water partition coefficient (Wildman–Crippen LogP) is 2.54. The van der Waals surface area contributed by atoms with Gasteiger partial charge in [0.2, 0.25) is 0 Å². The molecule has 0 amide bonds. The number of benzene rings is 1. The highest BCUT2D eigenvalue weighted by Crippen LogP contribution is 2.19. The monoisotopic (exact) mass is 264 g/mol. The molecule has 1 unspecified atom stereocenters. The molecular formula is C14H20N2OS. The van der Waals surface area contributed by atoms with E-state index in [0.29, 0.717) is 0 Å². The summed E-state index contributed by atoms with van der Waals surface area (Å²) < 4.78 is 0. The lowest BCUT2D eigenvalue weighted by atomic mass is 10.0. The van der Waals surface area contributed by atoms with Crippen LogP contribution in [0, 0.1) is 6.92 Å². The molecule has 0 spiro atoms. The van der Waals surface area contributed by atoms with Crippen LogP contribution in [0.2, 0.25) is 0 Å². The first kappa shape index (κ1) is 13.3. The number of likely N-dealkylation sites (tertiary alicyclic amines) is 1. The fourth-order valence-electron chi connectivity index (χ4n) is 2.36. The minimum atomic E-state index is 0.169. The third-order valence-corrected chi connectivity index (χ3v) is 3.82. The molecule has 2 rings (SSSR count). The van der Waals surface area contributed by atoms with Gasteiger partial charge in [-0.15, -0.1) is 0 Å². The molecule has 0 saturated carbocycles. The number of nitrogens with zero attached hydrogens (tertiary/aromatic N) is 1. The Morgan fingerprint density at radius 1 is 1.44 bits per heavy atom. The van der Waals surface area contributed by atoms with Gasteiger partial charge in [0.15, 0.2) is 5.11 Å². The van der Waals surface area contributed by atoms with E-state index < -0.39 is 0 Å². The summed E-state index contributed by atoms with van der Waals surface area (Å²) in [6, 6.07) is 8.27. The summed E-state index contributed by atoms with van der Waals surface area (Å²) in [4.78, 5) is 2.12. The van der Waals surface area contributed by atoms with Crippen molar-refractivity contribution in [3.8, 4) is 0 Å². The Morgan fingerprint density at radius 2 is 2.22 bits per heavy atom. The molecule has 1 heterocycles. The third kappa shape index (κ3) is 3.00. The number of nitrogens with one attached hydrogen (secondary N) is 1. The molecule has 1 fully saturated rings. The van der Waals surface area contributed by atoms with Crippen LogP contribution in [0.1, 0.15) is 24.8 Å². The number of anilines is 1. The highest BCUT2D eigenvalue weighted by molar-refractivity contribution is 7.80. The summed E-state index contributed by atoms with van der Waals surface area (Å²) in [7, 11) is 0. The number of rotatable bonds is 2. The second kappa shape index (κ2) is 6.16. The second-order valence-electron chi connectivity index (χ2n) is 4.77. The summed E-state index contributed by atoms with van der Waals surface area (Å²) in [5.74, 6) is 0. The zero-order valence-electron chi connectivity index (χ0n) is 10.7. The summed E-state index contributed by atoms with van der Waals surface area (Å²) in [6.07, 6.45) is 3.34. The standard InChI is InChI=1S/C14H20N2OS/c1-11-6-2-3-8-13(11)15-14(18)16-9-5-4-7-12(16)10-17/h2-3,6,8,12,17H,4-5,7,9-10H2,1H3,(H,15,18). The van der Waals surface area contributed by atoms with Crippen molar-refractivity contribution in [2.24, 2.45) is 0 Å². The van der Waals surface area contributed by atoms with Crippen molar-refractivity contribution in [2.45, 2.75) is 32.2 Å². The fourth-order valence-corrected chi connectivity index (χ4v) is 2.71. The molecule has 1 aromatic rings. The maximum atomic E-state index is 9.40. The molecule has 0 radical (unpaired) electrons. The van der Waals surface area contributed by atoms with Crippen LogP contribution >= 0.6 is 12.2 Å². The normalized spacial score (nSPS) is 19.7. The van der Waals surface area contributed by atoms with Gasteiger partial charge >= 0.3 is 0 Å². The molecular weight excluding hydrogens is 244 g/mol. The maximum Gasteiger partial charge on any atom is 0.173 e. The van der Waals surface area contributed by atoms with Gasteiger partial charge in [-0.3, -0.25) is 0 Å². The molecule has 18 heavy (non-hydrogen) atoms. The van der Waals surface area contributed by atoms with Gasteiger partial charge in [0.25, 0.3) is 0 Å². The lowest BCUT2D eigenvalue weighted by molar-refractivity contribution is 0.149. The van der Waals surface area contributed by atoms with Crippen molar-refractivity contribution in [1.29, 1.82) is 0 Å². The van der Waals surface area contributed by atoms with E-state index in [0.717, 1.165) is 30.2 Å². The van der Waals surface area contributed by atoms with Gasteiger partial charge in [0.05, 0.1) is 12.6 Å². The third-order valence-electron chi connectivity index (χ3n) is 3.49. The van der Waals surface area contributed by atoms with Gasteiger partial charge in [-0.25, -0.2) is 0 Å². The van der Waals surface area contributed by atoms with E-state index in [4.69, 9.17) is 12.2 Å². The first-order valence-corrected chi connectivity index (χ1v) is 6.87. The van der Waals surface area contributed by atoms with Crippen molar-refractivity contribution < 1.29 is 5.11 Å². The molecule has 0 aliphatic carbocycles. The largest absolute Gasteiger partial charge is 0.394 e. The van der Waals surface area contributed by atoms with Crippen molar-refractivity contribution >= 4 is 23.0 Å². The predicted molar refractivity (Wildman–Crippen MR) is 78.8 cm³/mol. The number of hydrogen-bond acceptors (Lipinski definition) is 2. The van der Waals surface area contributed by atoms with E-state index in [-0.39, 0.29) is 12.6 Å². The molecule has 1 aliphatic rings. The number of aliphatic hydroxyl groups excluding tert-OH is 1. The Kier molecular flexibility index (Phi) is 4.55. The Morgan fingerprint density at radius 3 is 2.94 bits per heavy atom. The van der Waals surface area contributed by atoms with Gasteiger partial charge in [-0.1, -0.05) is 18.2 Å². The number of aryl methyl sites for hydroxylation is 1. The number of aliphatic hydroxyl groups is 1. The van der Waals surface area contributed by atoms with E-state index in [1.807, 2.05) is 18.2 Å². The summed E-state index contributed by atoms with van der Waals surface area (Å²) in [5.41, 5.74) is 2.22. The number of thiocarbonyl (C=S) groups is 1. The highest BCUT2D eigenvalue weighted by atomic mass is 32.1. The molecule has 4 heteroatoms. The smallest absolute Gasteiger partial charge is 0.173 e. The van der Waals surface area contributed by atoms with Crippen molar-refractivity contribution in [1.82, 2.24) is 4.90 Å². The van der Waals surface area contributed by atoms with Crippen molar-refractivity contribution in [2.75, 3.05) is 18.5 Å². The first-order valence-electron chi connectivity index (χ1n) is 6.46. The van der Waals surface area contributed by atoms with Crippen LogP contribution in [0.15, 0.2) is 24.3 Å². The second-order valence-corrected chi connectivity index (χ2v) is 5.16. The fraction of sp³-hybridized carbons (Fsp3) is 0.500. The minimum Gasteiger partial charge on any atom is -0.394 e. The topological polar surface area (TPSA) is 35.5 Å². The average molecular weight is 264 g/mol. The van der Waals surface area contributed by atoms with Gasteiger partial charge in [-0.2, -0.15) is 0 Å². The van der Waals surface area contributed by atoms with Crippen molar-refractivity contribution in [3.63, 3.8) is 0 Å². The van der Waals surface area contributed by atoms with Crippen LogP contribution in [0.5, 0.6) is 0 Å². The lowest BCUT2D eigenvalue weighted by Crippen LogP contribution is -2.47. The SMILES string of the molecule is Cc1ccccc1NC(=S)N1CCCCC1CO. The Bertz CT molecular complexity index is 422. The van der Waals surface area contributed by atoms with E-state index in [1.54, 1.807) is 0 Å². The van der Waals surface area contributed by atoms with Gasteiger partial charge in [0.1, 0.15) is 0 Å². The quantitative estimate of drug-likeness (QED) is 0.805. The average Bonchev–Trinajstić information content (AvgIpc) is 2.41. The Hall–Kier alpha value is -1.13. The number of para-hydroxylation sites is 1. The summed E-state index contributed by atoms with van der Waals surface area (Å²) >= 11 is 5.46. The molecule has 1 saturated heterocycles. The van der Waals surface area contributed by atoms with Crippen LogP contribution in [0.4, 0.5) is 5.69 Å². The Labute approximate surface area is 114 Å². The van der Waals surface area contributed by atoms with E-state index in [2.05, 4.69) is 23.2 Å². The molecule has 98 valence electrons. The number of piperidine rings is 1. The Balaban J connectivity index is 2.05. The molecule has 0 bridgehead atoms. The minimum absolute atomic E-state index is 0.169.